The zero-order valence-electron chi connectivity index (χ0n) is 18.9. The first kappa shape index (κ1) is 24.5. The lowest BCUT2D eigenvalue weighted by Gasteiger charge is -2.22. The molecule has 4 rings (SSSR count). The quantitative estimate of drug-likeness (QED) is 0.0952. The number of carbonyl (C=O) groups is 3. The number of rotatable bonds is 7. The second-order valence-electron chi connectivity index (χ2n) is 7.68. The van der Waals surface area contributed by atoms with Gasteiger partial charge in [-0.2, -0.15) is 0 Å². The molecule has 0 aliphatic carbocycles. The maximum Gasteiger partial charge on any atom is 0.350 e. The van der Waals surface area contributed by atoms with E-state index in [-0.39, 0.29) is 33.6 Å². The summed E-state index contributed by atoms with van der Waals surface area (Å²) in [6, 6.07) is 12.4. The number of aromatic nitrogens is 1. The summed E-state index contributed by atoms with van der Waals surface area (Å²) in [6.45, 7) is 5.04. The smallest absolute Gasteiger partial charge is 0.350 e. The number of amides is 1. The number of nitro benzene ring substituents is 1. The SMILES string of the molecule is C=CCOC(=O)c1sc(N2C(=O)C(=O)/C(=C(/O)c3ccccc3)C2c2ccc([N+](=O)[O-])cc2)nc1C. The molecule has 1 N–H and O–H groups in total. The van der Waals surface area contributed by atoms with Crippen LogP contribution < -0.4 is 4.90 Å². The number of Topliss-reactive ketones (excluding diaryl/α,β-unsaturated/α-hetero) is 1. The molecule has 1 aromatic heterocycles. The van der Waals surface area contributed by atoms with Crippen LogP contribution in [-0.2, 0) is 14.3 Å². The highest BCUT2D eigenvalue weighted by Gasteiger charge is 2.48. The van der Waals surface area contributed by atoms with Gasteiger partial charge in [-0.05, 0) is 24.6 Å². The summed E-state index contributed by atoms with van der Waals surface area (Å²) in [5, 5.41) is 22.2. The fourth-order valence-corrected chi connectivity index (χ4v) is 4.74. The monoisotopic (exact) mass is 505 g/mol. The molecule has 2 heterocycles. The van der Waals surface area contributed by atoms with Gasteiger partial charge in [0.2, 0.25) is 0 Å². The number of anilines is 1. The third kappa shape index (κ3) is 4.39. The van der Waals surface area contributed by atoms with Crippen LogP contribution in [0.15, 0.2) is 72.8 Å². The highest BCUT2D eigenvalue weighted by molar-refractivity contribution is 7.17. The van der Waals surface area contributed by atoms with Crippen LogP contribution in [0.4, 0.5) is 10.8 Å². The molecule has 11 heteroatoms. The van der Waals surface area contributed by atoms with Gasteiger partial charge in [0.25, 0.3) is 11.5 Å². The van der Waals surface area contributed by atoms with Crippen molar-refractivity contribution in [2.24, 2.45) is 0 Å². The van der Waals surface area contributed by atoms with Gasteiger partial charge in [-0.25, -0.2) is 9.78 Å². The predicted octanol–water partition coefficient (Wildman–Crippen LogP) is 4.33. The standard InChI is InChI=1S/C25H19N3O7S/c1-3-13-35-24(32)22-14(2)26-25(36-22)27-19(15-9-11-17(12-10-15)28(33)34)18(21(30)23(27)31)20(29)16-7-5-4-6-8-16/h3-12,19,29H,1,13H2,2H3/b20-18+. The number of carbonyl (C=O) groups excluding carboxylic acids is 3. The minimum absolute atomic E-state index is 0.0180. The number of nitrogens with zero attached hydrogens (tertiary/aromatic N) is 3. The van der Waals surface area contributed by atoms with E-state index in [0.717, 1.165) is 16.2 Å². The van der Waals surface area contributed by atoms with Gasteiger partial charge in [-0.3, -0.25) is 24.6 Å². The molecule has 1 saturated heterocycles. The highest BCUT2D eigenvalue weighted by Crippen LogP contribution is 2.44. The topological polar surface area (TPSA) is 140 Å². The number of ketones is 1. The average molecular weight is 506 g/mol. The normalized spacial score (nSPS) is 16.7. The number of aliphatic hydroxyl groups excluding tert-OH is 1. The van der Waals surface area contributed by atoms with Gasteiger partial charge in [-0.15, -0.1) is 0 Å². The first-order valence-electron chi connectivity index (χ1n) is 10.6. The summed E-state index contributed by atoms with van der Waals surface area (Å²) in [7, 11) is 0. The van der Waals surface area contributed by atoms with Crippen molar-refractivity contribution in [2.75, 3.05) is 11.5 Å². The van der Waals surface area contributed by atoms with Gasteiger partial charge in [0.15, 0.2) is 5.13 Å². The van der Waals surface area contributed by atoms with Crippen molar-refractivity contribution in [2.45, 2.75) is 13.0 Å². The Hall–Kier alpha value is -4.64. The number of non-ortho nitro benzene ring substituents is 1. The fraction of sp³-hybridized carbons (Fsp3) is 0.120. The molecule has 1 aliphatic heterocycles. The van der Waals surface area contributed by atoms with Crippen LogP contribution in [0.5, 0.6) is 0 Å². The van der Waals surface area contributed by atoms with Gasteiger partial charge >= 0.3 is 11.9 Å². The molecular weight excluding hydrogens is 486 g/mol. The van der Waals surface area contributed by atoms with Crippen molar-refractivity contribution < 1.29 is 29.2 Å². The number of esters is 1. The van der Waals surface area contributed by atoms with E-state index in [9.17, 15) is 29.6 Å². The van der Waals surface area contributed by atoms with Crippen LogP contribution in [0, 0.1) is 17.0 Å². The van der Waals surface area contributed by atoms with E-state index in [1.165, 1.54) is 30.3 Å². The molecule has 1 fully saturated rings. The Labute approximate surface area is 208 Å². The Morgan fingerprint density at radius 2 is 1.89 bits per heavy atom. The van der Waals surface area contributed by atoms with E-state index in [1.807, 2.05) is 0 Å². The molecule has 3 aromatic rings. The number of ether oxygens (including phenoxy) is 1. The van der Waals surface area contributed by atoms with Crippen LogP contribution in [-0.4, -0.2) is 39.3 Å². The van der Waals surface area contributed by atoms with Crippen LogP contribution in [0.25, 0.3) is 5.76 Å². The zero-order chi connectivity index (χ0) is 26.0. The molecular formula is C25H19N3O7S. The molecule has 0 saturated carbocycles. The molecule has 36 heavy (non-hydrogen) atoms. The van der Waals surface area contributed by atoms with Gasteiger partial charge in [0.1, 0.15) is 17.2 Å². The van der Waals surface area contributed by atoms with E-state index < -0.39 is 34.4 Å². The van der Waals surface area contributed by atoms with Crippen LogP contribution >= 0.6 is 11.3 Å². The number of benzene rings is 2. The summed E-state index contributed by atoms with van der Waals surface area (Å²) in [5.41, 5.74) is 0.545. The van der Waals surface area contributed by atoms with Crippen molar-refractivity contribution in [1.82, 2.24) is 4.98 Å². The Kier molecular flexibility index (Phi) is 6.75. The molecule has 1 unspecified atom stereocenters. The lowest BCUT2D eigenvalue weighted by atomic mass is 9.95. The Morgan fingerprint density at radius 1 is 1.22 bits per heavy atom. The van der Waals surface area contributed by atoms with E-state index in [2.05, 4.69) is 11.6 Å². The van der Waals surface area contributed by atoms with E-state index >= 15 is 0 Å². The Balaban J connectivity index is 1.88. The molecule has 1 aliphatic rings. The van der Waals surface area contributed by atoms with Crippen molar-refractivity contribution in [3.63, 3.8) is 0 Å². The predicted molar refractivity (Wildman–Crippen MR) is 132 cm³/mol. The summed E-state index contributed by atoms with van der Waals surface area (Å²) in [5.74, 6) is -2.98. The number of nitro groups is 1. The van der Waals surface area contributed by atoms with Crippen LogP contribution in [0.2, 0.25) is 0 Å². The Morgan fingerprint density at radius 3 is 2.50 bits per heavy atom. The third-order valence-electron chi connectivity index (χ3n) is 5.42. The van der Waals surface area contributed by atoms with Crippen LogP contribution in [0.3, 0.4) is 0 Å². The summed E-state index contributed by atoms with van der Waals surface area (Å²) >= 11 is 0.858. The van der Waals surface area contributed by atoms with Crippen molar-refractivity contribution in [1.29, 1.82) is 0 Å². The fourth-order valence-electron chi connectivity index (χ4n) is 3.75. The molecule has 10 nitrogen and oxygen atoms in total. The second-order valence-corrected chi connectivity index (χ2v) is 8.66. The molecule has 0 spiro atoms. The highest BCUT2D eigenvalue weighted by atomic mass is 32.1. The van der Waals surface area contributed by atoms with Crippen molar-refractivity contribution >= 4 is 45.6 Å². The van der Waals surface area contributed by atoms with Crippen molar-refractivity contribution in [3.8, 4) is 0 Å². The molecule has 2 aromatic carbocycles. The van der Waals surface area contributed by atoms with Crippen molar-refractivity contribution in [3.05, 3.63) is 105 Å². The minimum Gasteiger partial charge on any atom is -0.507 e. The van der Waals surface area contributed by atoms with E-state index in [0.29, 0.717) is 11.1 Å². The van der Waals surface area contributed by atoms with Gasteiger partial charge in [0.05, 0.1) is 22.2 Å². The molecule has 1 amide bonds. The van der Waals surface area contributed by atoms with E-state index in [4.69, 9.17) is 4.74 Å². The first-order valence-corrected chi connectivity index (χ1v) is 11.4. The number of hydrogen-bond acceptors (Lipinski definition) is 9. The summed E-state index contributed by atoms with van der Waals surface area (Å²) < 4.78 is 5.08. The van der Waals surface area contributed by atoms with Crippen LogP contribution in [0.1, 0.15) is 32.5 Å². The summed E-state index contributed by atoms with van der Waals surface area (Å²) in [4.78, 5) is 55.0. The third-order valence-corrected chi connectivity index (χ3v) is 6.56. The molecule has 1 atom stereocenters. The maximum atomic E-state index is 13.2. The second kappa shape index (κ2) is 9.92. The van der Waals surface area contributed by atoms with E-state index in [1.54, 1.807) is 37.3 Å². The molecule has 0 radical (unpaired) electrons. The minimum atomic E-state index is -1.14. The largest absolute Gasteiger partial charge is 0.507 e. The summed E-state index contributed by atoms with van der Waals surface area (Å²) in [6.07, 6.45) is 1.41. The lowest BCUT2D eigenvalue weighted by Crippen LogP contribution is -2.29. The average Bonchev–Trinajstić information content (AvgIpc) is 3.39. The number of aryl methyl sites for hydroxylation is 1. The number of thiazole rings is 1. The molecule has 0 bridgehead atoms. The maximum absolute atomic E-state index is 13.2. The number of hydrogen-bond donors (Lipinski definition) is 1. The van der Waals surface area contributed by atoms with Gasteiger partial charge in [-0.1, -0.05) is 54.3 Å². The zero-order valence-corrected chi connectivity index (χ0v) is 19.7. The number of aliphatic hydroxyl groups is 1. The van der Waals surface area contributed by atoms with Gasteiger partial charge < -0.3 is 9.84 Å². The lowest BCUT2D eigenvalue weighted by molar-refractivity contribution is -0.384. The Bertz CT molecular complexity index is 1410. The molecule has 182 valence electrons. The van der Waals surface area contributed by atoms with Gasteiger partial charge in [0, 0.05) is 17.7 Å². The first-order chi connectivity index (χ1) is 17.2.